The molecule has 0 bridgehead atoms. The van der Waals surface area contributed by atoms with Crippen molar-refractivity contribution in [1.82, 2.24) is 45.8 Å². The molecule has 6 rings (SSSR count). The largest absolute Gasteiger partial charge is 0.480 e. The summed E-state index contributed by atoms with van der Waals surface area (Å²) in [5.74, 6) is -5.62. The number of carbonyl (C=O) groups is 10. The maximum atomic E-state index is 14.3. The van der Waals surface area contributed by atoms with Gasteiger partial charge in [0.1, 0.15) is 48.3 Å². The maximum absolute atomic E-state index is 14.3. The van der Waals surface area contributed by atoms with Crippen molar-refractivity contribution in [1.29, 1.82) is 0 Å². The molecule has 7 N–H and O–H groups in total. The van der Waals surface area contributed by atoms with Crippen molar-refractivity contribution in [3.8, 4) is 0 Å². The predicted octanol–water partition coefficient (Wildman–Crippen LogP) is -1.44. The summed E-state index contributed by atoms with van der Waals surface area (Å²) in [7, 11) is 0. The van der Waals surface area contributed by atoms with Crippen LogP contribution in [0, 0.1) is 5.92 Å². The highest BCUT2D eigenvalue weighted by atomic mass is 16.4. The van der Waals surface area contributed by atoms with E-state index in [1.54, 1.807) is 4.90 Å². The number of likely N-dealkylation sites (tertiary alicyclic amines) is 5. The van der Waals surface area contributed by atoms with Crippen molar-refractivity contribution in [2.45, 2.75) is 171 Å². The Morgan fingerprint density at radius 3 is 1.46 bits per heavy atom. The third kappa shape index (κ3) is 11.4. The van der Waals surface area contributed by atoms with E-state index in [2.05, 4.69) is 21.3 Å². The monoisotopic (exact) mass is 913 g/mol. The first kappa shape index (κ1) is 49.1. The molecule has 6 aliphatic heterocycles. The molecular weight excluding hydrogens is 845 g/mol. The van der Waals surface area contributed by atoms with E-state index in [4.69, 9.17) is 5.73 Å². The van der Waals surface area contributed by atoms with Gasteiger partial charge < -0.3 is 56.6 Å². The van der Waals surface area contributed by atoms with Gasteiger partial charge in [-0.25, -0.2) is 4.79 Å². The van der Waals surface area contributed by atoms with E-state index in [1.807, 2.05) is 13.8 Å². The van der Waals surface area contributed by atoms with Crippen LogP contribution in [0.3, 0.4) is 0 Å². The molecule has 0 spiro atoms. The molecule has 0 aliphatic carbocycles. The molecule has 6 aliphatic rings. The fourth-order valence-corrected chi connectivity index (χ4v) is 10.6. The molecule has 21 nitrogen and oxygen atoms in total. The summed E-state index contributed by atoms with van der Waals surface area (Å²) in [5, 5.41) is 21.0. The minimum atomic E-state index is -1.28. The summed E-state index contributed by atoms with van der Waals surface area (Å²) >= 11 is 0. The van der Waals surface area contributed by atoms with Crippen LogP contribution in [0.1, 0.15) is 117 Å². The van der Waals surface area contributed by atoms with Crippen LogP contribution >= 0.6 is 0 Å². The zero-order valence-corrected chi connectivity index (χ0v) is 38.0. The molecule has 0 aromatic rings. The maximum Gasteiger partial charge on any atom is 0.326 e. The Morgan fingerprint density at radius 2 is 0.985 bits per heavy atom. The summed E-state index contributed by atoms with van der Waals surface area (Å²) in [6.45, 7) is 7.37. The number of amides is 9. The fraction of sp³-hybridized carbons (Fsp3) is 0.773. The normalized spacial score (nSPS) is 26.9. The number of hydrogen-bond acceptors (Lipinski definition) is 11. The first-order valence-corrected chi connectivity index (χ1v) is 23.7. The second-order valence-electron chi connectivity index (χ2n) is 18.9. The number of nitrogens with zero attached hydrogens (tertiary/aromatic N) is 5. The minimum absolute atomic E-state index is 0.00655. The smallest absolute Gasteiger partial charge is 0.326 e. The highest BCUT2D eigenvalue weighted by Gasteiger charge is 2.47. The van der Waals surface area contributed by atoms with E-state index in [0.29, 0.717) is 70.9 Å². The van der Waals surface area contributed by atoms with Gasteiger partial charge in [-0.1, -0.05) is 13.8 Å². The molecule has 0 unspecified atom stereocenters. The van der Waals surface area contributed by atoms with Gasteiger partial charge in [0, 0.05) is 39.1 Å². The molecule has 6 fully saturated rings. The van der Waals surface area contributed by atoms with E-state index in [0.717, 1.165) is 13.0 Å². The van der Waals surface area contributed by atoms with Gasteiger partial charge in [-0.2, -0.15) is 0 Å². The van der Waals surface area contributed by atoms with Gasteiger partial charge >= 0.3 is 5.97 Å². The number of nitrogens with one attached hydrogen (secondary N) is 4. The lowest BCUT2D eigenvalue weighted by molar-refractivity contribution is -0.149. The molecule has 0 aromatic heterocycles. The lowest BCUT2D eigenvalue weighted by Gasteiger charge is -2.34. The molecule has 360 valence electrons. The van der Waals surface area contributed by atoms with Crippen molar-refractivity contribution < 1.29 is 53.1 Å². The quantitative estimate of drug-likeness (QED) is 0.0980. The number of carboxylic acids is 1. The highest BCUT2D eigenvalue weighted by molar-refractivity contribution is 5.99. The Labute approximate surface area is 379 Å². The number of aliphatic carboxylic acids is 1. The van der Waals surface area contributed by atoms with E-state index in [1.165, 1.54) is 26.5 Å². The summed E-state index contributed by atoms with van der Waals surface area (Å²) in [5.41, 5.74) is 5.47. The average Bonchev–Trinajstić information content (AvgIpc) is 4.12. The summed E-state index contributed by atoms with van der Waals surface area (Å²) < 4.78 is 0. The second kappa shape index (κ2) is 21.8. The van der Waals surface area contributed by atoms with Crippen molar-refractivity contribution >= 4 is 59.1 Å². The molecule has 21 heteroatoms. The Balaban J connectivity index is 1.07. The Hall–Kier alpha value is -5.34. The molecule has 0 saturated carbocycles. The third-order valence-electron chi connectivity index (χ3n) is 13.9. The first-order valence-electron chi connectivity index (χ1n) is 23.7. The van der Waals surface area contributed by atoms with Crippen LogP contribution in [-0.2, 0) is 47.9 Å². The molecule has 0 radical (unpaired) electrons. The third-order valence-corrected chi connectivity index (χ3v) is 13.9. The van der Waals surface area contributed by atoms with E-state index in [-0.39, 0.29) is 75.5 Å². The van der Waals surface area contributed by atoms with Crippen molar-refractivity contribution in [3.05, 3.63) is 0 Å². The lowest BCUT2D eigenvalue weighted by Crippen LogP contribution is -2.59. The number of primary amides is 1. The van der Waals surface area contributed by atoms with E-state index in [9.17, 15) is 53.1 Å². The molecule has 6 saturated heterocycles. The zero-order chi connectivity index (χ0) is 47.1. The van der Waals surface area contributed by atoms with Gasteiger partial charge in [0.2, 0.25) is 53.2 Å². The fourth-order valence-electron chi connectivity index (χ4n) is 10.6. The van der Waals surface area contributed by atoms with Crippen LogP contribution in [0.5, 0.6) is 0 Å². The number of nitrogens with two attached hydrogens (primary N) is 1. The van der Waals surface area contributed by atoms with Gasteiger partial charge in [0.25, 0.3) is 0 Å². The van der Waals surface area contributed by atoms with Crippen LogP contribution in [0.25, 0.3) is 0 Å². The number of carbonyl (C=O) groups excluding carboxylic acids is 9. The molecule has 6 heterocycles. The Kier molecular flexibility index (Phi) is 16.4. The molecule has 0 aromatic carbocycles. The number of rotatable bonds is 17. The van der Waals surface area contributed by atoms with Gasteiger partial charge in [0.15, 0.2) is 0 Å². The van der Waals surface area contributed by atoms with Gasteiger partial charge in [-0.3, -0.25) is 43.2 Å². The van der Waals surface area contributed by atoms with Crippen LogP contribution in [0.2, 0.25) is 0 Å². The van der Waals surface area contributed by atoms with Crippen LogP contribution in [0.4, 0.5) is 0 Å². The summed E-state index contributed by atoms with van der Waals surface area (Å²) in [4.78, 5) is 142. The minimum Gasteiger partial charge on any atom is -0.480 e. The van der Waals surface area contributed by atoms with Crippen LogP contribution < -0.4 is 27.0 Å². The highest BCUT2D eigenvalue weighted by Crippen LogP contribution is 2.29. The first-order chi connectivity index (χ1) is 31.0. The molecule has 9 atom stereocenters. The molecule has 9 amide bonds. The van der Waals surface area contributed by atoms with Crippen LogP contribution in [-0.4, -0.2) is 182 Å². The van der Waals surface area contributed by atoms with Crippen molar-refractivity contribution in [3.63, 3.8) is 0 Å². The van der Waals surface area contributed by atoms with Crippen molar-refractivity contribution in [2.24, 2.45) is 11.7 Å². The summed E-state index contributed by atoms with van der Waals surface area (Å²) in [6.07, 6.45) is 5.83. The van der Waals surface area contributed by atoms with Crippen LogP contribution in [0.15, 0.2) is 0 Å². The Morgan fingerprint density at radius 1 is 0.554 bits per heavy atom. The van der Waals surface area contributed by atoms with Crippen molar-refractivity contribution in [2.75, 3.05) is 39.3 Å². The molecular formula is C44H68N10O11. The predicted molar refractivity (Wildman–Crippen MR) is 232 cm³/mol. The van der Waals surface area contributed by atoms with Gasteiger partial charge in [-0.05, 0) is 109 Å². The average molecular weight is 913 g/mol. The van der Waals surface area contributed by atoms with Gasteiger partial charge in [-0.15, -0.1) is 0 Å². The SMILES string of the molecule is CC(C)C[C@H](NC(=O)[C@@H]1CCCN1C(=O)[C@@H]1CCCN1C(=O)[C@H](CCC(N)=O)NC(=O)[C@@H]1CCCN1C(=O)[C@H](C)NC(=O)[C@@H]1CCCN1C(=O)[C@@H]1CCCN1C(=O)[C@@H]1CCCN1)C(=O)O. The second-order valence-corrected chi connectivity index (χ2v) is 18.9. The topological polar surface area (TPSA) is 281 Å². The standard InChI is InChI=1S/C44H68N10O11/c1-25(2)24-29(44(64)65)49-38(58)32-13-7-21-52(32)43(63)34-15-9-23-54(34)41(61)28(16-17-35(45)55)48-37(57)31-12-5-19-50(31)39(59)26(3)47-36(56)30-11-6-20-51(30)42(62)33-14-8-22-53(33)40(60)27-10-4-18-46-27/h25-34,46H,4-24H2,1-3H3,(H2,45,55)(H,47,56)(H,48,57)(H,49,58)(H,64,65)/t26-,27-,28-,29-,30-,31-,32-,33-,34-/m0/s1. The number of hydrogen-bond donors (Lipinski definition) is 6. The number of carboxylic acid groups (broad SMARTS) is 1. The van der Waals surface area contributed by atoms with E-state index < -0.39 is 95.7 Å². The molecule has 65 heavy (non-hydrogen) atoms. The van der Waals surface area contributed by atoms with Gasteiger partial charge in [0.05, 0.1) is 6.04 Å². The zero-order valence-electron chi connectivity index (χ0n) is 38.0. The lowest BCUT2D eigenvalue weighted by atomic mass is 10.0. The Bertz CT molecular complexity index is 1860. The summed E-state index contributed by atoms with van der Waals surface area (Å²) in [6, 6.07) is -8.18. The van der Waals surface area contributed by atoms with E-state index >= 15 is 0 Å².